The number of ether oxygens (including phenoxy) is 2. The zero-order valence-electron chi connectivity index (χ0n) is 19.5. The van der Waals surface area contributed by atoms with E-state index in [1.165, 1.54) is 12.3 Å². The number of carbonyl (C=O) groups is 1. The summed E-state index contributed by atoms with van der Waals surface area (Å²) in [5.41, 5.74) is 3.83. The van der Waals surface area contributed by atoms with Crippen molar-refractivity contribution < 1.29 is 24.1 Å². The first-order valence-electron chi connectivity index (χ1n) is 10.8. The summed E-state index contributed by atoms with van der Waals surface area (Å²) in [5.74, 6) is 0.408. The number of carbonyl (C=O) groups excluding carboxylic acids is 1. The summed E-state index contributed by atoms with van der Waals surface area (Å²) < 4.78 is 11.2. The van der Waals surface area contributed by atoms with Crippen LogP contribution in [0.15, 0.2) is 65.8 Å². The Bertz CT molecular complexity index is 1310. The average Bonchev–Trinajstić information content (AvgIpc) is 2.85. The molecule has 36 heavy (non-hydrogen) atoms. The fraction of sp³-hybridized carbons (Fsp3) is 0.167. The van der Waals surface area contributed by atoms with Crippen LogP contribution in [0.1, 0.15) is 18.1 Å². The molecule has 0 bridgehead atoms. The lowest BCUT2D eigenvalue weighted by Crippen LogP contribution is -2.20. The molecular weight excluding hydrogens is 470 g/mol. The van der Waals surface area contributed by atoms with Gasteiger partial charge in [-0.15, -0.1) is 0 Å². The standard InChI is InChI=1S/C24H23N5O7/c1-3-35-23-12-17(14-25-27-20-10-9-18(28(31)32)13-21(20)29(33)34)8-11-22(23)36-15-24(30)26-19-7-5-4-6-16(19)2/h4-14,27H,3,15H2,1-2H3,(H,26,30)/b25-14+. The number of non-ortho nitro benzene ring substituents is 1. The van der Waals surface area contributed by atoms with E-state index in [-0.39, 0.29) is 18.2 Å². The largest absolute Gasteiger partial charge is 0.490 e. The Morgan fingerprint density at radius 1 is 0.972 bits per heavy atom. The van der Waals surface area contributed by atoms with Gasteiger partial charge in [-0.3, -0.25) is 30.4 Å². The Balaban J connectivity index is 1.68. The van der Waals surface area contributed by atoms with Crippen LogP contribution in [0, 0.1) is 27.2 Å². The maximum absolute atomic E-state index is 12.3. The van der Waals surface area contributed by atoms with Gasteiger partial charge in [0.15, 0.2) is 18.1 Å². The SMILES string of the molecule is CCOc1cc(/C=N/Nc2ccc([N+](=O)[O-])cc2[N+](=O)[O-])ccc1OCC(=O)Nc1ccccc1C. The second-order valence-electron chi connectivity index (χ2n) is 7.38. The third kappa shape index (κ3) is 6.76. The van der Waals surface area contributed by atoms with E-state index >= 15 is 0 Å². The summed E-state index contributed by atoms with van der Waals surface area (Å²) in [5, 5.41) is 28.9. The van der Waals surface area contributed by atoms with Gasteiger partial charge in [0.2, 0.25) is 0 Å². The van der Waals surface area contributed by atoms with Crippen LogP contribution in [-0.2, 0) is 4.79 Å². The number of hydrazone groups is 1. The Morgan fingerprint density at radius 2 is 1.75 bits per heavy atom. The van der Waals surface area contributed by atoms with Crippen molar-refractivity contribution in [2.45, 2.75) is 13.8 Å². The minimum Gasteiger partial charge on any atom is -0.490 e. The summed E-state index contributed by atoms with van der Waals surface area (Å²) in [6.07, 6.45) is 1.39. The van der Waals surface area contributed by atoms with Gasteiger partial charge in [-0.25, -0.2) is 0 Å². The van der Waals surface area contributed by atoms with Gasteiger partial charge >= 0.3 is 5.69 Å². The number of amides is 1. The van der Waals surface area contributed by atoms with E-state index in [2.05, 4.69) is 15.8 Å². The molecule has 0 aromatic heterocycles. The monoisotopic (exact) mass is 493 g/mol. The Hall–Kier alpha value is -5.00. The molecule has 0 unspecified atom stereocenters. The highest BCUT2D eigenvalue weighted by Crippen LogP contribution is 2.30. The van der Waals surface area contributed by atoms with E-state index in [1.807, 2.05) is 25.1 Å². The number of nitro groups is 2. The number of para-hydroxylation sites is 1. The predicted octanol–water partition coefficient (Wildman–Crippen LogP) is 4.67. The maximum atomic E-state index is 12.3. The first kappa shape index (κ1) is 25.6. The van der Waals surface area contributed by atoms with Crippen LogP contribution in [0.25, 0.3) is 0 Å². The van der Waals surface area contributed by atoms with E-state index in [0.717, 1.165) is 17.7 Å². The fourth-order valence-electron chi connectivity index (χ4n) is 3.09. The average molecular weight is 493 g/mol. The summed E-state index contributed by atoms with van der Waals surface area (Å²) >= 11 is 0. The third-order valence-corrected chi connectivity index (χ3v) is 4.83. The molecule has 3 aromatic carbocycles. The maximum Gasteiger partial charge on any atom is 0.301 e. The third-order valence-electron chi connectivity index (χ3n) is 4.83. The van der Waals surface area contributed by atoms with Crippen molar-refractivity contribution >= 4 is 34.9 Å². The molecule has 186 valence electrons. The van der Waals surface area contributed by atoms with Crippen molar-refractivity contribution in [1.82, 2.24) is 0 Å². The fourth-order valence-corrected chi connectivity index (χ4v) is 3.09. The van der Waals surface area contributed by atoms with E-state index in [4.69, 9.17) is 9.47 Å². The highest BCUT2D eigenvalue weighted by atomic mass is 16.6. The van der Waals surface area contributed by atoms with Gasteiger partial charge in [0.05, 0.1) is 28.7 Å². The topological polar surface area (TPSA) is 158 Å². The molecule has 0 saturated heterocycles. The van der Waals surface area contributed by atoms with Crippen molar-refractivity contribution in [1.29, 1.82) is 0 Å². The predicted molar refractivity (Wildman–Crippen MR) is 134 cm³/mol. The highest BCUT2D eigenvalue weighted by molar-refractivity contribution is 5.92. The summed E-state index contributed by atoms with van der Waals surface area (Å²) in [6, 6.07) is 15.5. The molecule has 0 atom stereocenters. The molecule has 0 saturated carbocycles. The minimum atomic E-state index is -0.737. The van der Waals surface area contributed by atoms with Crippen LogP contribution in [-0.4, -0.2) is 35.2 Å². The summed E-state index contributed by atoms with van der Waals surface area (Å²) in [7, 11) is 0. The van der Waals surface area contributed by atoms with E-state index in [9.17, 15) is 25.0 Å². The number of rotatable bonds is 11. The first-order chi connectivity index (χ1) is 17.3. The molecule has 0 fully saturated rings. The number of hydrogen-bond acceptors (Lipinski definition) is 9. The van der Waals surface area contributed by atoms with E-state index < -0.39 is 21.2 Å². The smallest absolute Gasteiger partial charge is 0.301 e. The van der Waals surface area contributed by atoms with Crippen LogP contribution < -0.4 is 20.2 Å². The lowest BCUT2D eigenvalue weighted by molar-refractivity contribution is -0.393. The van der Waals surface area contributed by atoms with E-state index in [0.29, 0.717) is 29.4 Å². The number of nitrogens with zero attached hydrogens (tertiary/aromatic N) is 3. The van der Waals surface area contributed by atoms with Crippen LogP contribution in [0.5, 0.6) is 11.5 Å². The van der Waals surface area contributed by atoms with Crippen LogP contribution >= 0.6 is 0 Å². The van der Waals surface area contributed by atoms with Gasteiger partial charge in [0.25, 0.3) is 11.6 Å². The Kier molecular flexibility index (Phi) is 8.49. The lowest BCUT2D eigenvalue weighted by atomic mass is 10.2. The molecule has 0 aliphatic rings. The molecule has 3 aromatic rings. The van der Waals surface area contributed by atoms with Gasteiger partial charge in [-0.05, 0) is 55.3 Å². The van der Waals surface area contributed by atoms with E-state index in [1.54, 1.807) is 31.2 Å². The Morgan fingerprint density at radius 3 is 2.44 bits per heavy atom. The normalized spacial score (nSPS) is 10.6. The Labute approximate surface area is 205 Å². The molecule has 12 heteroatoms. The van der Waals surface area contributed by atoms with Gasteiger partial charge < -0.3 is 14.8 Å². The zero-order chi connectivity index (χ0) is 26.1. The van der Waals surface area contributed by atoms with Crippen molar-refractivity contribution in [3.63, 3.8) is 0 Å². The molecule has 3 rings (SSSR count). The van der Waals surface area contributed by atoms with Crippen molar-refractivity contribution in [2.24, 2.45) is 5.10 Å². The highest BCUT2D eigenvalue weighted by Gasteiger charge is 2.19. The lowest BCUT2D eigenvalue weighted by Gasteiger charge is -2.13. The van der Waals surface area contributed by atoms with Crippen molar-refractivity contribution in [2.75, 3.05) is 24.0 Å². The molecule has 0 aliphatic carbocycles. The first-order valence-corrected chi connectivity index (χ1v) is 10.8. The second kappa shape index (κ2) is 11.9. The molecule has 0 aliphatic heterocycles. The number of nitrogens with one attached hydrogen (secondary N) is 2. The molecular formula is C24H23N5O7. The van der Waals surface area contributed by atoms with Gasteiger partial charge in [-0.1, -0.05) is 18.2 Å². The number of nitro benzene ring substituents is 2. The van der Waals surface area contributed by atoms with Crippen LogP contribution in [0.2, 0.25) is 0 Å². The quantitative estimate of drug-likeness (QED) is 0.221. The number of benzene rings is 3. The minimum absolute atomic E-state index is 0.00787. The van der Waals surface area contributed by atoms with Crippen LogP contribution in [0.3, 0.4) is 0 Å². The van der Waals surface area contributed by atoms with Gasteiger partial charge in [0, 0.05) is 11.8 Å². The zero-order valence-corrected chi connectivity index (χ0v) is 19.5. The summed E-state index contributed by atoms with van der Waals surface area (Å²) in [4.78, 5) is 32.9. The second-order valence-corrected chi connectivity index (χ2v) is 7.38. The molecule has 2 N–H and O–H groups in total. The van der Waals surface area contributed by atoms with Crippen molar-refractivity contribution in [3.8, 4) is 11.5 Å². The van der Waals surface area contributed by atoms with Gasteiger partial charge in [0.1, 0.15) is 5.69 Å². The molecule has 0 heterocycles. The number of aryl methyl sites for hydroxylation is 1. The number of hydrogen-bond donors (Lipinski definition) is 2. The molecule has 0 spiro atoms. The summed E-state index contributed by atoms with van der Waals surface area (Å²) in [6.45, 7) is 3.80. The molecule has 1 amide bonds. The molecule has 12 nitrogen and oxygen atoms in total. The number of anilines is 2. The van der Waals surface area contributed by atoms with Gasteiger partial charge in [-0.2, -0.15) is 5.10 Å². The van der Waals surface area contributed by atoms with Crippen LogP contribution in [0.4, 0.5) is 22.7 Å². The van der Waals surface area contributed by atoms with Crippen molar-refractivity contribution in [3.05, 3.63) is 92.0 Å². The molecule has 0 radical (unpaired) electrons.